The SMILES string of the molecule is CCc1noc(CSc2ccc(O)c3ccccc23)n1. The van der Waals surface area contributed by atoms with Gasteiger partial charge in [0.2, 0.25) is 5.89 Å². The molecule has 0 radical (unpaired) electrons. The lowest BCUT2D eigenvalue weighted by Crippen LogP contribution is -1.85. The summed E-state index contributed by atoms with van der Waals surface area (Å²) >= 11 is 1.63. The summed E-state index contributed by atoms with van der Waals surface area (Å²) in [5.41, 5.74) is 0. The van der Waals surface area contributed by atoms with Crippen LogP contribution in [0.4, 0.5) is 0 Å². The van der Waals surface area contributed by atoms with Gasteiger partial charge in [0, 0.05) is 16.7 Å². The number of aromatic hydroxyl groups is 1. The van der Waals surface area contributed by atoms with Crippen molar-refractivity contribution in [2.24, 2.45) is 0 Å². The van der Waals surface area contributed by atoms with Crippen LogP contribution in [0.5, 0.6) is 5.75 Å². The minimum Gasteiger partial charge on any atom is -0.507 e. The van der Waals surface area contributed by atoms with Gasteiger partial charge in [-0.05, 0) is 17.5 Å². The lowest BCUT2D eigenvalue weighted by molar-refractivity contribution is 0.385. The predicted octanol–water partition coefficient (Wildman–Crippen LogP) is 3.78. The number of nitrogens with zero attached hydrogens (tertiary/aromatic N) is 2. The molecule has 3 rings (SSSR count). The third kappa shape index (κ3) is 2.49. The van der Waals surface area contributed by atoms with Crippen LogP contribution >= 0.6 is 11.8 Å². The highest BCUT2D eigenvalue weighted by molar-refractivity contribution is 7.98. The molecule has 0 unspecified atom stereocenters. The third-order valence-corrected chi connectivity index (χ3v) is 4.10. The van der Waals surface area contributed by atoms with E-state index in [4.69, 9.17) is 4.52 Å². The summed E-state index contributed by atoms with van der Waals surface area (Å²) in [5, 5.41) is 15.6. The zero-order valence-electron chi connectivity index (χ0n) is 11.0. The van der Waals surface area contributed by atoms with E-state index in [0.29, 0.717) is 17.4 Å². The summed E-state index contributed by atoms with van der Waals surface area (Å²) in [4.78, 5) is 5.39. The third-order valence-electron chi connectivity index (χ3n) is 3.04. The molecular weight excluding hydrogens is 272 g/mol. The van der Waals surface area contributed by atoms with Gasteiger partial charge >= 0.3 is 0 Å². The maximum atomic E-state index is 9.87. The molecule has 0 amide bonds. The molecule has 4 nitrogen and oxygen atoms in total. The average Bonchev–Trinajstić information content (AvgIpc) is 2.95. The Morgan fingerprint density at radius 1 is 1.15 bits per heavy atom. The smallest absolute Gasteiger partial charge is 0.237 e. The van der Waals surface area contributed by atoms with Gasteiger partial charge in [-0.15, -0.1) is 11.8 Å². The zero-order valence-corrected chi connectivity index (χ0v) is 11.9. The van der Waals surface area contributed by atoms with Crippen LogP contribution < -0.4 is 0 Å². The molecule has 1 heterocycles. The van der Waals surface area contributed by atoms with Crippen molar-refractivity contribution in [3.05, 3.63) is 48.1 Å². The van der Waals surface area contributed by atoms with E-state index in [-0.39, 0.29) is 0 Å². The van der Waals surface area contributed by atoms with Gasteiger partial charge in [0.05, 0.1) is 5.75 Å². The molecule has 0 aliphatic heterocycles. The van der Waals surface area contributed by atoms with Crippen molar-refractivity contribution in [3.63, 3.8) is 0 Å². The first-order valence-corrected chi connectivity index (χ1v) is 7.41. The monoisotopic (exact) mass is 286 g/mol. The van der Waals surface area contributed by atoms with Gasteiger partial charge in [-0.1, -0.05) is 36.3 Å². The van der Waals surface area contributed by atoms with Gasteiger partial charge in [0.1, 0.15) is 5.75 Å². The minimum atomic E-state index is 0.302. The van der Waals surface area contributed by atoms with Crippen LogP contribution in [-0.4, -0.2) is 15.2 Å². The van der Waals surface area contributed by atoms with Crippen LogP contribution in [-0.2, 0) is 12.2 Å². The second kappa shape index (κ2) is 5.54. The van der Waals surface area contributed by atoms with Crippen molar-refractivity contribution >= 4 is 22.5 Å². The first kappa shape index (κ1) is 13.0. The fourth-order valence-electron chi connectivity index (χ4n) is 2.01. The number of hydrogen-bond acceptors (Lipinski definition) is 5. The number of phenols is 1. The minimum absolute atomic E-state index is 0.302. The second-order valence-electron chi connectivity index (χ2n) is 4.37. The standard InChI is InChI=1S/C15H14N2O2S/c1-2-14-16-15(19-17-14)9-20-13-8-7-12(18)10-5-3-4-6-11(10)13/h3-8,18H,2,9H2,1H3. The molecule has 102 valence electrons. The summed E-state index contributed by atoms with van der Waals surface area (Å²) in [6.07, 6.45) is 0.774. The number of phenolic OH excluding ortho intramolecular Hbond substituents is 1. The summed E-state index contributed by atoms with van der Waals surface area (Å²) < 4.78 is 5.18. The van der Waals surface area contributed by atoms with Crippen molar-refractivity contribution in [3.8, 4) is 5.75 Å². The molecule has 1 N–H and O–H groups in total. The van der Waals surface area contributed by atoms with Crippen LogP contribution in [0.3, 0.4) is 0 Å². The number of rotatable bonds is 4. The highest BCUT2D eigenvalue weighted by atomic mass is 32.2. The van der Waals surface area contributed by atoms with E-state index >= 15 is 0 Å². The number of benzene rings is 2. The van der Waals surface area contributed by atoms with Gasteiger partial charge in [-0.3, -0.25) is 0 Å². The van der Waals surface area contributed by atoms with Gasteiger partial charge in [0.15, 0.2) is 5.82 Å². The topological polar surface area (TPSA) is 59.2 Å². The van der Waals surface area contributed by atoms with Crippen molar-refractivity contribution in [2.45, 2.75) is 24.0 Å². The molecule has 0 spiro atoms. The average molecular weight is 286 g/mol. The molecule has 5 heteroatoms. The van der Waals surface area contributed by atoms with Crippen molar-refractivity contribution in [2.75, 3.05) is 0 Å². The molecular formula is C15H14N2O2S. The summed E-state index contributed by atoms with van der Waals surface area (Å²) in [6.45, 7) is 2.00. The fraction of sp³-hybridized carbons (Fsp3) is 0.200. The summed E-state index contributed by atoms with van der Waals surface area (Å²) in [5.74, 6) is 2.29. The van der Waals surface area contributed by atoms with Crippen LogP contribution in [0.1, 0.15) is 18.6 Å². The molecule has 2 aromatic carbocycles. The van der Waals surface area contributed by atoms with E-state index in [1.54, 1.807) is 17.8 Å². The first-order chi connectivity index (χ1) is 9.78. The predicted molar refractivity (Wildman–Crippen MR) is 78.8 cm³/mol. The maximum Gasteiger partial charge on any atom is 0.237 e. The largest absolute Gasteiger partial charge is 0.507 e. The Kier molecular flexibility index (Phi) is 3.60. The van der Waals surface area contributed by atoms with E-state index in [0.717, 1.165) is 27.9 Å². The normalized spacial score (nSPS) is 11.1. The Bertz CT molecular complexity index is 740. The van der Waals surface area contributed by atoms with Crippen molar-refractivity contribution < 1.29 is 9.63 Å². The quantitative estimate of drug-likeness (QED) is 0.739. The van der Waals surface area contributed by atoms with E-state index in [9.17, 15) is 5.11 Å². The number of aromatic nitrogens is 2. The van der Waals surface area contributed by atoms with E-state index < -0.39 is 0 Å². The number of hydrogen-bond donors (Lipinski definition) is 1. The highest BCUT2D eigenvalue weighted by Gasteiger charge is 2.09. The fourth-order valence-corrected chi connectivity index (χ4v) is 2.91. The van der Waals surface area contributed by atoms with Crippen molar-refractivity contribution in [1.82, 2.24) is 10.1 Å². The molecule has 20 heavy (non-hydrogen) atoms. The number of fused-ring (bicyclic) bond motifs is 1. The highest BCUT2D eigenvalue weighted by Crippen LogP contribution is 2.34. The maximum absolute atomic E-state index is 9.87. The lowest BCUT2D eigenvalue weighted by atomic mass is 10.1. The lowest BCUT2D eigenvalue weighted by Gasteiger charge is -2.06. The molecule has 3 aromatic rings. The van der Waals surface area contributed by atoms with Gasteiger partial charge in [0.25, 0.3) is 0 Å². The molecule has 0 saturated carbocycles. The molecule has 1 aromatic heterocycles. The van der Waals surface area contributed by atoms with Crippen molar-refractivity contribution in [1.29, 1.82) is 0 Å². The summed E-state index contributed by atoms with van der Waals surface area (Å²) in [6, 6.07) is 11.4. The van der Waals surface area contributed by atoms with Crippen LogP contribution in [0.25, 0.3) is 10.8 Å². The molecule has 0 aliphatic carbocycles. The summed E-state index contributed by atoms with van der Waals surface area (Å²) in [7, 11) is 0. The molecule has 0 aliphatic rings. The van der Waals surface area contributed by atoms with Gasteiger partial charge in [-0.25, -0.2) is 0 Å². The molecule has 0 saturated heterocycles. The Labute approximate surface area is 120 Å². The Hall–Kier alpha value is -2.01. The van der Waals surface area contributed by atoms with Crippen LogP contribution in [0.2, 0.25) is 0 Å². The van der Waals surface area contributed by atoms with Crippen LogP contribution in [0.15, 0.2) is 45.8 Å². The molecule has 0 atom stereocenters. The second-order valence-corrected chi connectivity index (χ2v) is 5.39. The number of aryl methyl sites for hydroxylation is 1. The first-order valence-electron chi connectivity index (χ1n) is 6.43. The van der Waals surface area contributed by atoms with E-state index in [1.807, 2.05) is 37.3 Å². The van der Waals surface area contributed by atoms with Gasteiger partial charge < -0.3 is 9.63 Å². The Morgan fingerprint density at radius 3 is 2.70 bits per heavy atom. The van der Waals surface area contributed by atoms with E-state index in [2.05, 4.69) is 10.1 Å². The Morgan fingerprint density at radius 2 is 1.95 bits per heavy atom. The van der Waals surface area contributed by atoms with Gasteiger partial charge in [-0.2, -0.15) is 4.98 Å². The molecule has 0 fully saturated rings. The zero-order chi connectivity index (χ0) is 13.9. The van der Waals surface area contributed by atoms with E-state index in [1.165, 1.54) is 0 Å². The molecule has 0 bridgehead atoms. The number of thioether (sulfide) groups is 1. The Balaban J connectivity index is 1.86. The van der Waals surface area contributed by atoms with Crippen LogP contribution in [0, 0.1) is 0 Å².